The summed E-state index contributed by atoms with van der Waals surface area (Å²) in [6.45, 7) is 2.38. The van der Waals surface area contributed by atoms with E-state index in [1.54, 1.807) is 26.6 Å². The number of aryl methyl sites for hydroxylation is 1. The highest BCUT2D eigenvalue weighted by Gasteiger charge is 2.13. The number of hydrogen-bond donors (Lipinski definition) is 1. The quantitative estimate of drug-likeness (QED) is 0.800. The Kier molecular flexibility index (Phi) is 4.17. The molecule has 0 amide bonds. The largest absolute Gasteiger partial charge is 0.496 e. The zero-order valence-corrected chi connectivity index (χ0v) is 13.4. The first-order chi connectivity index (χ1) is 11.6. The van der Waals surface area contributed by atoms with Crippen molar-refractivity contribution in [3.8, 4) is 22.9 Å². The molecule has 0 aliphatic carbocycles. The zero-order chi connectivity index (χ0) is 17.1. The van der Waals surface area contributed by atoms with Crippen LogP contribution in [0.1, 0.15) is 16.8 Å². The van der Waals surface area contributed by atoms with Crippen molar-refractivity contribution >= 4 is 0 Å². The molecule has 2 aromatic heterocycles. The summed E-state index contributed by atoms with van der Waals surface area (Å²) < 4.78 is 7.35. The lowest BCUT2D eigenvalue weighted by Crippen LogP contribution is -2.12. The monoisotopic (exact) mass is 320 g/mol. The topological polar surface area (TPSA) is 83.7 Å². The molecule has 24 heavy (non-hydrogen) atoms. The van der Waals surface area contributed by atoms with Gasteiger partial charge in [0.2, 0.25) is 0 Å². The molecular weight excluding hydrogens is 304 g/mol. The van der Waals surface area contributed by atoms with Crippen molar-refractivity contribution in [2.75, 3.05) is 7.11 Å². The Balaban J connectivity index is 2.13. The summed E-state index contributed by atoms with van der Waals surface area (Å²) in [7, 11) is 1.62. The van der Waals surface area contributed by atoms with Crippen LogP contribution in [0.25, 0.3) is 11.1 Å². The van der Waals surface area contributed by atoms with Crippen molar-refractivity contribution < 1.29 is 4.74 Å². The second-order valence-electron chi connectivity index (χ2n) is 5.44. The average molecular weight is 320 g/mol. The number of pyridine rings is 1. The van der Waals surface area contributed by atoms with Gasteiger partial charge in [-0.05, 0) is 30.7 Å². The van der Waals surface area contributed by atoms with Crippen molar-refractivity contribution in [1.29, 1.82) is 5.26 Å². The number of nitrogens with zero attached hydrogens (tertiary/aromatic N) is 3. The lowest BCUT2D eigenvalue weighted by atomic mass is 9.98. The number of benzene rings is 1. The number of ether oxygens (including phenoxy) is 1. The minimum absolute atomic E-state index is 0.111. The zero-order valence-electron chi connectivity index (χ0n) is 13.4. The van der Waals surface area contributed by atoms with Crippen LogP contribution in [0.4, 0.5) is 0 Å². The van der Waals surface area contributed by atoms with Crippen LogP contribution in [-0.4, -0.2) is 21.6 Å². The Morgan fingerprint density at radius 2 is 2.21 bits per heavy atom. The SMILES string of the molecule is COc1ccc(-c2cc(C)[nH]c(=O)c2C#N)cc1Cn1ccnc1. The van der Waals surface area contributed by atoms with Gasteiger partial charge in [-0.1, -0.05) is 6.07 Å². The maximum absolute atomic E-state index is 12.0. The summed E-state index contributed by atoms with van der Waals surface area (Å²) in [6.07, 6.45) is 5.30. The van der Waals surface area contributed by atoms with E-state index in [9.17, 15) is 10.1 Å². The molecule has 0 aliphatic heterocycles. The van der Waals surface area contributed by atoms with Crippen LogP contribution >= 0.6 is 0 Å². The smallest absolute Gasteiger partial charge is 0.266 e. The number of rotatable bonds is 4. The fourth-order valence-electron chi connectivity index (χ4n) is 2.67. The molecule has 3 aromatic rings. The third-order valence-corrected chi connectivity index (χ3v) is 3.78. The van der Waals surface area contributed by atoms with Crippen LogP contribution < -0.4 is 10.3 Å². The molecule has 0 saturated heterocycles. The number of methoxy groups -OCH3 is 1. The lowest BCUT2D eigenvalue weighted by Gasteiger charge is -2.12. The predicted molar refractivity (Wildman–Crippen MR) is 89.8 cm³/mol. The fourth-order valence-corrected chi connectivity index (χ4v) is 2.67. The van der Waals surface area contributed by atoms with Crippen LogP contribution in [0.3, 0.4) is 0 Å². The third-order valence-electron chi connectivity index (χ3n) is 3.78. The summed E-state index contributed by atoms with van der Waals surface area (Å²) in [5.41, 5.74) is 2.81. The summed E-state index contributed by atoms with van der Waals surface area (Å²) in [5, 5.41) is 9.32. The van der Waals surface area contributed by atoms with Crippen molar-refractivity contribution in [2.45, 2.75) is 13.5 Å². The molecule has 0 bridgehead atoms. The molecule has 0 spiro atoms. The number of H-pyrrole nitrogens is 1. The molecule has 6 heteroatoms. The minimum atomic E-state index is -0.375. The van der Waals surface area contributed by atoms with E-state index < -0.39 is 0 Å². The van der Waals surface area contributed by atoms with Crippen LogP contribution in [0.2, 0.25) is 0 Å². The summed E-state index contributed by atoms with van der Waals surface area (Å²) in [6, 6.07) is 9.44. The van der Waals surface area contributed by atoms with Gasteiger partial charge in [0.05, 0.1) is 20.0 Å². The molecule has 0 radical (unpaired) electrons. The normalized spacial score (nSPS) is 10.4. The second kappa shape index (κ2) is 6.42. The number of hydrogen-bond acceptors (Lipinski definition) is 4. The van der Waals surface area contributed by atoms with Gasteiger partial charge in [-0.15, -0.1) is 0 Å². The van der Waals surface area contributed by atoms with Gasteiger partial charge in [0.15, 0.2) is 0 Å². The highest BCUT2D eigenvalue weighted by atomic mass is 16.5. The van der Waals surface area contributed by atoms with Crippen LogP contribution in [-0.2, 0) is 6.54 Å². The van der Waals surface area contributed by atoms with Crippen molar-refractivity contribution in [2.24, 2.45) is 0 Å². The Labute approximate surface area is 139 Å². The van der Waals surface area contributed by atoms with Crippen LogP contribution in [0.5, 0.6) is 5.75 Å². The van der Waals surface area contributed by atoms with E-state index >= 15 is 0 Å². The van der Waals surface area contributed by atoms with E-state index in [0.717, 1.165) is 16.9 Å². The Morgan fingerprint density at radius 3 is 2.88 bits per heavy atom. The molecule has 0 saturated carbocycles. The molecule has 0 unspecified atom stereocenters. The van der Waals surface area contributed by atoms with Crippen LogP contribution in [0.15, 0.2) is 47.8 Å². The van der Waals surface area contributed by atoms with E-state index in [0.29, 0.717) is 17.8 Å². The first-order valence-electron chi connectivity index (χ1n) is 7.39. The molecular formula is C18H16N4O2. The van der Waals surface area contributed by atoms with Gasteiger partial charge >= 0.3 is 0 Å². The third kappa shape index (κ3) is 2.92. The molecule has 1 N–H and O–H groups in total. The fraction of sp³-hybridized carbons (Fsp3) is 0.167. The summed E-state index contributed by atoms with van der Waals surface area (Å²) in [4.78, 5) is 18.7. The molecule has 2 heterocycles. The highest BCUT2D eigenvalue weighted by Crippen LogP contribution is 2.28. The Morgan fingerprint density at radius 1 is 1.38 bits per heavy atom. The molecule has 0 fully saturated rings. The van der Waals surface area contributed by atoms with Crippen molar-refractivity contribution in [1.82, 2.24) is 14.5 Å². The first-order valence-corrected chi connectivity index (χ1v) is 7.39. The van der Waals surface area contributed by atoms with E-state index in [1.165, 1.54) is 0 Å². The number of imidazole rings is 1. The number of nitrogens with one attached hydrogen (secondary N) is 1. The standard InChI is InChI=1S/C18H16N4O2/c1-12-7-15(16(9-19)18(23)21-12)13-3-4-17(24-2)14(8-13)10-22-6-5-20-11-22/h3-8,11H,10H2,1-2H3,(H,21,23). The van der Waals surface area contributed by atoms with E-state index in [-0.39, 0.29) is 11.1 Å². The highest BCUT2D eigenvalue weighted by molar-refractivity contribution is 5.71. The number of aromatic amines is 1. The molecule has 0 atom stereocenters. The molecule has 120 valence electrons. The van der Waals surface area contributed by atoms with E-state index in [4.69, 9.17) is 4.74 Å². The van der Waals surface area contributed by atoms with Crippen molar-refractivity contribution in [3.63, 3.8) is 0 Å². The van der Waals surface area contributed by atoms with Gasteiger partial charge in [-0.25, -0.2) is 4.98 Å². The Hall–Kier alpha value is -3.33. The number of nitriles is 1. The van der Waals surface area contributed by atoms with Crippen LogP contribution in [0, 0.1) is 18.3 Å². The average Bonchev–Trinajstić information content (AvgIpc) is 3.07. The van der Waals surface area contributed by atoms with Gasteiger partial charge in [0.25, 0.3) is 5.56 Å². The molecule has 6 nitrogen and oxygen atoms in total. The predicted octanol–water partition coefficient (Wildman–Crippen LogP) is 2.48. The van der Waals surface area contributed by atoms with Gasteiger partial charge in [0, 0.05) is 29.2 Å². The maximum Gasteiger partial charge on any atom is 0.266 e. The van der Waals surface area contributed by atoms with Crippen molar-refractivity contribution in [3.05, 3.63) is 70.2 Å². The van der Waals surface area contributed by atoms with E-state index in [2.05, 4.69) is 9.97 Å². The summed E-state index contributed by atoms with van der Waals surface area (Å²) in [5.74, 6) is 0.743. The van der Waals surface area contributed by atoms with E-state index in [1.807, 2.05) is 41.1 Å². The molecule has 0 aliphatic rings. The molecule has 1 aromatic carbocycles. The van der Waals surface area contributed by atoms with Gasteiger partial charge in [-0.3, -0.25) is 4.79 Å². The number of aromatic nitrogens is 3. The second-order valence-corrected chi connectivity index (χ2v) is 5.44. The van der Waals surface area contributed by atoms with Gasteiger partial charge < -0.3 is 14.3 Å². The first kappa shape index (κ1) is 15.6. The Bertz CT molecular complexity index is 966. The minimum Gasteiger partial charge on any atom is -0.496 e. The lowest BCUT2D eigenvalue weighted by molar-refractivity contribution is 0.408. The maximum atomic E-state index is 12.0. The summed E-state index contributed by atoms with van der Waals surface area (Å²) >= 11 is 0. The van der Waals surface area contributed by atoms with Gasteiger partial charge in [-0.2, -0.15) is 5.26 Å². The van der Waals surface area contributed by atoms with Gasteiger partial charge in [0.1, 0.15) is 17.4 Å². The molecule has 3 rings (SSSR count).